The largest absolute Gasteiger partial charge is 0.329 e. The Labute approximate surface area is 84.2 Å². The van der Waals surface area contributed by atoms with Crippen LogP contribution in [0.3, 0.4) is 0 Å². The molecule has 1 aromatic carbocycles. The molecule has 2 rings (SSSR count). The Hall–Kier alpha value is -1.97. The molecule has 76 valence electrons. The lowest BCUT2D eigenvalue weighted by Crippen LogP contribution is -2.08. The van der Waals surface area contributed by atoms with Crippen molar-refractivity contribution < 1.29 is 8.78 Å². The maximum Gasteiger partial charge on any atom is 0.255 e. The van der Waals surface area contributed by atoms with Crippen molar-refractivity contribution in [3.63, 3.8) is 0 Å². The quantitative estimate of drug-likeness (QED) is 0.764. The number of benzene rings is 1. The Kier molecular flexibility index (Phi) is 2.33. The van der Waals surface area contributed by atoms with E-state index in [2.05, 4.69) is 4.98 Å². The predicted molar refractivity (Wildman–Crippen MR) is 52.4 cm³/mol. The summed E-state index contributed by atoms with van der Waals surface area (Å²) < 4.78 is 26.2. The van der Waals surface area contributed by atoms with Crippen molar-refractivity contribution in [1.82, 2.24) is 4.98 Å². The van der Waals surface area contributed by atoms with Crippen LogP contribution in [0.5, 0.6) is 0 Å². The van der Waals surface area contributed by atoms with Crippen molar-refractivity contribution in [3.8, 4) is 11.1 Å². The summed E-state index contributed by atoms with van der Waals surface area (Å²) >= 11 is 0. The summed E-state index contributed by atoms with van der Waals surface area (Å²) in [6.07, 6.45) is 1.43. The second-order valence-electron chi connectivity index (χ2n) is 3.04. The van der Waals surface area contributed by atoms with Crippen molar-refractivity contribution >= 4 is 0 Å². The number of H-pyrrole nitrogens is 1. The van der Waals surface area contributed by atoms with Gasteiger partial charge in [-0.2, -0.15) is 0 Å². The van der Waals surface area contributed by atoms with Crippen LogP contribution in [0.15, 0.2) is 41.3 Å². The Morgan fingerprint density at radius 1 is 1.07 bits per heavy atom. The number of rotatable bonds is 1. The summed E-state index contributed by atoms with van der Waals surface area (Å²) in [4.78, 5) is 13.7. The molecule has 4 heteroatoms. The summed E-state index contributed by atoms with van der Waals surface area (Å²) in [7, 11) is 0. The highest BCUT2D eigenvalue weighted by Gasteiger charge is 2.09. The molecular formula is C11H7F2NO. The van der Waals surface area contributed by atoms with E-state index in [-0.39, 0.29) is 11.1 Å². The minimum atomic E-state index is -0.617. The zero-order valence-corrected chi connectivity index (χ0v) is 7.63. The van der Waals surface area contributed by atoms with Crippen molar-refractivity contribution in [2.45, 2.75) is 0 Å². The minimum absolute atomic E-state index is 0.0307. The molecule has 0 radical (unpaired) electrons. The first-order valence-electron chi connectivity index (χ1n) is 4.31. The summed E-state index contributed by atoms with van der Waals surface area (Å²) in [5.41, 5.74) is -0.353. The highest BCUT2D eigenvalue weighted by molar-refractivity contribution is 5.62. The van der Waals surface area contributed by atoms with Gasteiger partial charge in [0.25, 0.3) is 5.56 Å². The van der Waals surface area contributed by atoms with Gasteiger partial charge >= 0.3 is 0 Å². The molecule has 1 heterocycles. The molecule has 15 heavy (non-hydrogen) atoms. The van der Waals surface area contributed by atoms with Crippen LogP contribution in [-0.4, -0.2) is 4.98 Å². The van der Waals surface area contributed by atoms with Crippen LogP contribution in [-0.2, 0) is 0 Å². The predicted octanol–water partition coefficient (Wildman–Crippen LogP) is 2.32. The van der Waals surface area contributed by atoms with Gasteiger partial charge in [-0.25, -0.2) is 8.78 Å². The molecule has 1 aromatic heterocycles. The fourth-order valence-electron chi connectivity index (χ4n) is 1.34. The summed E-state index contributed by atoms with van der Waals surface area (Å²) in [5.74, 6) is -1.19. The van der Waals surface area contributed by atoms with E-state index in [0.717, 1.165) is 18.2 Å². The Bertz CT molecular complexity index is 548. The number of aromatic nitrogens is 1. The van der Waals surface area contributed by atoms with Crippen molar-refractivity contribution in [3.05, 3.63) is 58.5 Å². The zero-order chi connectivity index (χ0) is 10.8. The molecule has 0 spiro atoms. The lowest BCUT2D eigenvalue weighted by atomic mass is 10.1. The SMILES string of the molecule is O=c1[nH]cccc1-c1cc(F)ccc1F. The van der Waals surface area contributed by atoms with E-state index in [1.807, 2.05) is 0 Å². The highest BCUT2D eigenvalue weighted by atomic mass is 19.1. The molecule has 0 aliphatic heterocycles. The molecule has 0 atom stereocenters. The van der Waals surface area contributed by atoms with Gasteiger partial charge in [-0.15, -0.1) is 0 Å². The van der Waals surface area contributed by atoms with Gasteiger partial charge in [0.2, 0.25) is 0 Å². The summed E-state index contributed by atoms with van der Waals surface area (Å²) in [6.45, 7) is 0. The molecule has 0 saturated heterocycles. The summed E-state index contributed by atoms with van der Waals surface area (Å²) in [5, 5.41) is 0. The van der Waals surface area contributed by atoms with E-state index in [9.17, 15) is 13.6 Å². The van der Waals surface area contributed by atoms with Crippen molar-refractivity contribution in [1.29, 1.82) is 0 Å². The van der Waals surface area contributed by atoms with Crippen molar-refractivity contribution in [2.24, 2.45) is 0 Å². The molecule has 2 aromatic rings. The maximum atomic E-state index is 13.3. The lowest BCUT2D eigenvalue weighted by Gasteiger charge is -2.01. The van der Waals surface area contributed by atoms with Gasteiger partial charge in [-0.05, 0) is 30.3 Å². The number of halogens is 2. The Morgan fingerprint density at radius 3 is 2.60 bits per heavy atom. The standard InChI is InChI=1S/C11H7F2NO/c12-7-3-4-10(13)9(6-7)8-2-1-5-14-11(8)15/h1-6H,(H,14,15). The first-order valence-corrected chi connectivity index (χ1v) is 4.31. The smallest absolute Gasteiger partial charge is 0.255 e. The first kappa shape index (κ1) is 9.58. The fraction of sp³-hybridized carbons (Fsp3) is 0. The van der Waals surface area contributed by atoms with Gasteiger partial charge in [-0.1, -0.05) is 0 Å². The van der Waals surface area contributed by atoms with Crippen LogP contribution in [0.2, 0.25) is 0 Å². The topological polar surface area (TPSA) is 32.9 Å². The number of pyridine rings is 1. The van der Waals surface area contributed by atoms with Gasteiger partial charge in [-0.3, -0.25) is 4.79 Å². The number of hydrogen-bond acceptors (Lipinski definition) is 1. The molecule has 0 bridgehead atoms. The monoisotopic (exact) mass is 207 g/mol. The molecule has 2 nitrogen and oxygen atoms in total. The third-order valence-corrected chi connectivity index (χ3v) is 2.04. The van der Waals surface area contributed by atoms with Gasteiger partial charge in [0.1, 0.15) is 11.6 Å². The van der Waals surface area contributed by atoms with Crippen LogP contribution >= 0.6 is 0 Å². The average molecular weight is 207 g/mol. The molecule has 0 fully saturated rings. The molecular weight excluding hydrogens is 200 g/mol. The number of nitrogens with one attached hydrogen (secondary N) is 1. The number of aromatic amines is 1. The van der Waals surface area contributed by atoms with E-state index in [0.29, 0.717) is 0 Å². The van der Waals surface area contributed by atoms with E-state index >= 15 is 0 Å². The average Bonchev–Trinajstić information content (AvgIpc) is 2.23. The second kappa shape index (κ2) is 3.65. The molecule has 0 aliphatic carbocycles. The van der Waals surface area contributed by atoms with Crippen LogP contribution in [0, 0.1) is 11.6 Å². The lowest BCUT2D eigenvalue weighted by molar-refractivity contribution is 0.603. The van der Waals surface area contributed by atoms with E-state index in [1.54, 1.807) is 6.07 Å². The molecule has 0 aliphatic rings. The van der Waals surface area contributed by atoms with Crippen LogP contribution in [0.4, 0.5) is 8.78 Å². The zero-order valence-electron chi connectivity index (χ0n) is 7.63. The number of hydrogen-bond donors (Lipinski definition) is 1. The molecule has 0 saturated carbocycles. The van der Waals surface area contributed by atoms with Gasteiger partial charge in [0, 0.05) is 17.3 Å². The molecule has 1 N–H and O–H groups in total. The minimum Gasteiger partial charge on any atom is -0.329 e. The highest BCUT2D eigenvalue weighted by Crippen LogP contribution is 2.19. The fourth-order valence-corrected chi connectivity index (χ4v) is 1.34. The van der Waals surface area contributed by atoms with E-state index in [1.165, 1.54) is 12.3 Å². The maximum absolute atomic E-state index is 13.3. The second-order valence-corrected chi connectivity index (χ2v) is 3.04. The van der Waals surface area contributed by atoms with Crippen LogP contribution < -0.4 is 5.56 Å². The van der Waals surface area contributed by atoms with Crippen LogP contribution in [0.1, 0.15) is 0 Å². The Morgan fingerprint density at radius 2 is 1.87 bits per heavy atom. The van der Waals surface area contributed by atoms with E-state index < -0.39 is 17.2 Å². The van der Waals surface area contributed by atoms with Gasteiger partial charge in [0.05, 0.1) is 0 Å². The normalized spacial score (nSPS) is 10.3. The van der Waals surface area contributed by atoms with Crippen LogP contribution in [0.25, 0.3) is 11.1 Å². The Balaban J connectivity index is 2.69. The van der Waals surface area contributed by atoms with Crippen molar-refractivity contribution in [2.75, 3.05) is 0 Å². The van der Waals surface area contributed by atoms with Gasteiger partial charge < -0.3 is 4.98 Å². The van der Waals surface area contributed by atoms with E-state index in [4.69, 9.17) is 0 Å². The summed E-state index contributed by atoms with van der Waals surface area (Å²) in [6, 6.07) is 6.00. The molecule has 0 amide bonds. The third kappa shape index (κ3) is 1.79. The third-order valence-electron chi connectivity index (χ3n) is 2.04. The first-order chi connectivity index (χ1) is 7.18. The molecule has 0 unspecified atom stereocenters. The van der Waals surface area contributed by atoms with Gasteiger partial charge in [0.15, 0.2) is 0 Å².